The van der Waals surface area contributed by atoms with Crippen LogP contribution in [0.1, 0.15) is 17.7 Å². The van der Waals surface area contributed by atoms with Gasteiger partial charge < -0.3 is 9.80 Å². The van der Waals surface area contributed by atoms with Crippen LogP contribution < -0.4 is 4.90 Å². The first-order valence-electron chi connectivity index (χ1n) is 8.99. The molecule has 2 aromatic rings. The molecule has 0 atom stereocenters. The van der Waals surface area contributed by atoms with Crippen molar-refractivity contribution in [3.8, 4) is 0 Å². The molecule has 1 fully saturated rings. The molecule has 0 spiro atoms. The van der Waals surface area contributed by atoms with Gasteiger partial charge in [0.25, 0.3) is 0 Å². The lowest BCUT2D eigenvalue weighted by molar-refractivity contribution is -0.131. The number of likely N-dealkylation sites (N-methyl/N-ethyl adjacent to an activating group) is 1. The normalized spacial score (nSPS) is 15.6. The summed E-state index contributed by atoms with van der Waals surface area (Å²) in [7, 11) is 1.83. The number of nitrogens with zero attached hydrogens (tertiary/aromatic N) is 4. The van der Waals surface area contributed by atoms with E-state index in [-0.39, 0.29) is 5.91 Å². The summed E-state index contributed by atoms with van der Waals surface area (Å²) < 4.78 is 0. The van der Waals surface area contributed by atoms with Crippen LogP contribution in [-0.4, -0.2) is 60.5 Å². The van der Waals surface area contributed by atoms with Crippen LogP contribution in [0.25, 0.3) is 0 Å². The smallest absolute Gasteiger partial charge is 0.236 e. The quantitative estimate of drug-likeness (QED) is 0.725. The average Bonchev–Trinajstić information content (AvgIpc) is 2.93. The van der Waals surface area contributed by atoms with E-state index >= 15 is 0 Å². The number of thiazole rings is 1. The van der Waals surface area contributed by atoms with E-state index in [0.29, 0.717) is 23.1 Å². The van der Waals surface area contributed by atoms with Crippen LogP contribution >= 0.6 is 34.5 Å². The van der Waals surface area contributed by atoms with Crippen LogP contribution in [-0.2, 0) is 11.3 Å². The lowest BCUT2D eigenvalue weighted by Crippen LogP contribution is -2.40. The standard InChI is InChI=1S/C19H24Cl2N4OS/c1-14-13-27-19(22-14)25-7-3-6-24(8-9-25)12-18(26)23(2)11-15-4-5-16(20)17(21)10-15/h4-5,10,13H,3,6-9,11-12H2,1-2H3. The summed E-state index contributed by atoms with van der Waals surface area (Å²) >= 11 is 13.7. The molecule has 1 aromatic carbocycles. The maximum absolute atomic E-state index is 12.6. The highest BCUT2D eigenvalue weighted by Crippen LogP contribution is 2.23. The molecule has 5 nitrogen and oxygen atoms in total. The zero-order valence-corrected chi connectivity index (χ0v) is 17.9. The topological polar surface area (TPSA) is 39.7 Å². The molecule has 8 heteroatoms. The second kappa shape index (κ2) is 9.24. The zero-order valence-electron chi connectivity index (χ0n) is 15.6. The second-order valence-corrected chi connectivity index (χ2v) is 8.54. The molecule has 0 N–H and O–H groups in total. The fourth-order valence-corrected chi connectivity index (χ4v) is 4.30. The number of carbonyl (C=O) groups is 1. The van der Waals surface area contributed by atoms with Gasteiger partial charge in [-0.1, -0.05) is 29.3 Å². The van der Waals surface area contributed by atoms with E-state index in [9.17, 15) is 4.79 Å². The summed E-state index contributed by atoms with van der Waals surface area (Å²) in [6.07, 6.45) is 1.03. The van der Waals surface area contributed by atoms with Crippen LogP contribution in [0.4, 0.5) is 5.13 Å². The number of hydrogen-bond donors (Lipinski definition) is 0. The minimum absolute atomic E-state index is 0.111. The van der Waals surface area contributed by atoms with Gasteiger partial charge in [-0.05, 0) is 31.0 Å². The number of rotatable bonds is 5. The number of carbonyl (C=O) groups excluding carboxylic acids is 1. The molecule has 0 aliphatic carbocycles. The molecule has 1 aromatic heterocycles. The number of aryl methyl sites for hydroxylation is 1. The highest BCUT2D eigenvalue weighted by molar-refractivity contribution is 7.13. The summed E-state index contributed by atoms with van der Waals surface area (Å²) in [6.45, 7) is 6.65. The monoisotopic (exact) mass is 426 g/mol. The third-order valence-electron chi connectivity index (χ3n) is 4.65. The number of benzene rings is 1. The summed E-state index contributed by atoms with van der Waals surface area (Å²) in [4.78, 5) is 23.5. The third kappa shape index (κ3) is 5.57. The Labute approximate surface area is 174 Å². The fraction of sp³-hybridized carbons (Fsp3) is 0.474. The van der Waals surface area contributed by atoms with Crippen molar-refractivity contribution >= 4 is 45.6 Å². The van der Waals surface area contributed by atoms with Crippen LogP contribution in [0, 0.1) is 6.92 Å². The van der Waals surface area contributed by atoms with E-state index in [1.807, 2.05) is 26.1 Å². The Hall–Kier alpha value is -1.34. The van der Waals surface area contributed by atoms with Crippen molar-refractivity contribution in [2.45, 2.75) is 19.9 Å². The first-order valence-corrected chi connectivity index (χ1v) is 10.6. The van der Waals surface area contributed by atoms with Gasteiger partial charge in [-0.3, -0.25) is 9.69 Å². The van der Waals surface area contributed by atoms with Gasteiger partial charge in [0.1, 0.15) is 0 Å². The van der Waals surface area contributed by atoms with Crippen molar-refractivity contribution in [2.24, 2.45) is 0 Å². The zero-order chi connectivity index (χ0) is 19.4. The molecule has 0 saturated carbocycles. The Kier molecular flexibility index (Phi) is 6.98. The van der Waals surface area contributed by atoms with Crippen molar-refractivity contribution in [3.63, 3.8) is 0 Å². The second-order valence-electron chi connectivity index (χ2n) is 6.89. The maximum atomic E-state index is 12.6. The highest BCUT2D eigenvalue weighted by atomic mass is 35.5. The van der Waals surface area contributed by atoms with Gasteiger partial charge in [-0.15, -0.1) is 11.3 Å². The molecule has 1 aliphatic heterocycles. The van der Waals surface area contributed by atoms with Crippen molar-refractivity contribution in [1.82, 2.24) is 14.8 Å². The Morgan fingerprint density at radius 3 is 2.74 bits per heavy atom. The molecule has 27 heavy (non-hydrogen) atoms. The van der Waals surface area contributed by atoms with E-state index in [2.05, 4.69) is 20.2 Å². The minimum atomic E-state index is 0.111. The van der Waals surface area contributed by atoms with Crippen molar-refractivity contribution in [3.05, 3.63) is 44.9 Å². The molecular weight excluding hydrogens is 403 g/mol. The van der Waals surface area contributed by atoms with Crippen molar-refractivity contribution in [1.29, 1.82) is 0 Å². The Morgan fingerprint density at radius 2 is 2.04 bits per heavy atom. The van der Waals surface area contributed by atoms with E-state index in [4.69, 9.17) is 23.2 Å². The highest BCUT2D eigenvalue weighted by Gasteiger charge is 2.20. The summed E-state index contributed by atoms with van der Waals surface area (Å²) in [5, 5.41) is 4.20. The minimum Gasteiger partial charge on any atom is -0.347 e. The Bertz CT molecular complexity index is 798. The predicted octanol–water partition coefficient (Wildman–Crippen LogP) is 3.93. The van der Waals surface area contributed by atoms with E-state index in [1.165, 1.54) is 0 Å². The van der Waals surface area contributed by atoms with Gasteiger partial charge in [-0.2, -0.15) is 0 Å². The van der Waals surface area contributed by atoms with Crippen LogP contribution in [0.5, 0.6) is 0 Å². The van der Waals surface area contributed by atoms with Gasteiger partial charge in [0.05, 0.1) is 22.3 Å². The number of halogens is 2. The van der Waals surface area contributed by atoms with Crippen LogP contribution in [0.15, 0.2) is 23.6 Å². The third-order valence-corrected chi connectivity index (χ3v) is 6.41. The molecule has 0 radical (unpaired) electrons. The first kappa shape index (κ1) is 20.4. The van der Waals surface area contributed by atoms with Crippen LogP contribution in [0.3, 0.4) is 0 Å². The lowest BCUT2D eigenvalue weighted by Gasteiger charge is -2.24. The van der Waals surface area contributed by atoms with E-state index in [1.54, 1.807) is 22.3 Å². The molecule has 0 unspecified atom stereocenters. The van der Waals surface area contributed by atoms with Gasteiger partial charge in [-0.25, -0.2) is 4.98 Å². The fourth-order valence-electron chi connectivity index (χ4n) is 3.12. The van der Waals surface area contributed by atoms with Crippen molar-refractivity contribution in [2.75, 3.05) is 44.7 Å². The van der Waals surface area contributed by atoms with Gasteiger partial charge in [0.2, 0.25) is 5.91 Å². The molecule has 1 saturated heterocycles. The molecular formula is C19H24Cl2N4OS. The maximum Gasteiger partial charge on any atom is 0.236 e. The lowest BCUT2D eigenvalue weighted by atomic mass is 10.2. The SMILES string of the molecule is Cc1csc(N2CCCN(CC(=O)N(C)Cc3ccc(Cl)c(Cl)c3)CC2)n1. The Balaban J connectivity index is 1.51. The molecule has 2 heterocycles. The molecule has 3 rings (SSSR count). The van der Waals surface area contributed by atoms with E-state index in [0.717, 1.165) is 49.0 Å². The first-order chi connectivity index (χ1) is 12.9. The van der Waals surface area contributed by atoms with Gasteiger partial charge in [0.15, 0.2) is 5.13 Å². The van der Waals surface area contributed by atoms with Gasteiger partial charge >= 0.3 is 0 Å². The van der Waals surface area contributed by atoms with E-state index < -0.39 is 0 Å². The van der Waals surface area contributed by atoms with Crippen LogP contribution in [0.2, 0.25) is 10.0 Å². The molecule has 0 bridgehead atoms. The largest absolute Gasteiger partial charge is 0.347 e. The number of hydrogen-bond acceptors (Lipinski definition) is 5. The van der Waals surface area contributed by atoms with Crippen molar-refractivity contribution < 1.29 is 4.79 Å². The average molecular weight is 427 g/mol. The summed E-state index contributed by atoms with van der Waals surface area (Å²) in [5.74, 6) is 0.111. The van der Waals surface area contributed by atoms with Gasteiger partial charge in [0, 0.05) is 45.2 Å². The number of anilines is 1. The molecule has 1 aliphatic rings. The molecule has 146 valence electrons. The molecule has 1 amide bonds. The summed E-state index contributed by atoms with van der Waals surface area (Å²) in [6, 6.07) is 5.48. The summed E-state index contributed by atoms with van der Waals surface area (Å²) in [5.41, 5.74) is 2.04. The Morgan fingerprint density at radius 1 is 1.22 bits per heavy atom. The number of amides is 1. The number of aromatic nitrogens is 1. The predicted molar refractivity (Wildman–Crippen MR) is 113 cm³/mol.